The third kappa shape index (κ3) is 2.84. The first-order chi connectivity index (χ1) is 12.2. The van der Waals surface area contributed by atoms with Gasteiger partial charge in [0.05, 0.1) is 24.8 Å². The molecule has 0 bridgehead atoms. The van der Waals surface area contributed by atoms with Crippen LogP contribution < -0.4 is 0 Å². The average Bonchev–Trinajstić information content (AvgIpc) is 2.95. The second kappa shape index (κ2) is 6.59. The van der Waals surface area contributed by atoms with Crippen LogP contribution in [0.15, 0.2) is 42.7 Å². The van der Waals surface area contributed by atoms with Crippen molar-refractivity contribution < 1.29 is 10.2 Å². The molecule has 1 aromatic carbocycles. The van der Waals surface area contributed by atoms with Crippen molar-refractivity contribution in [2.24, 2.45) is 0 Å². The number of hydrogen-bond donors (Lipinski definition) is 2. The van der Waals surface area contributed by atoms with Crippen LogP contribution in [0, 0.1) is 0 Å². The van der Waals surface area contributed by atoms with Crippen molar-refractivity contribution in [3.05, 3.63) is 65.1 Å². The number of aliphatic hydroxyl groups excluding tert-OH is 2. The van der Waals surface area contributed by atoms with Crippen LogP contribution in [0.1, 0.15) is 28.5 Å². The van der Waals surface area contributed by atoms with Crippen molar-refractivity contribution >= 4 is 10.9 Å². The summed E-state index contributed by atoms with van der Waals surface area (Å²) in [6, 6.07) is 9.80. The molecule has 2 N–H and O–H groups in total. The summed E-state index contributed by atoms with van der Waals surface area (Å²) in [5.41, 5.74) is 5.43. The van der Waals surface area contributed by atoms with Gasteiger partial charge in [-0.05, 0) is 30.3 Å². The molecule has 1 unspecified atom stereocenters. The lowest BCUT2D eigenvalue weighted by Crippen LogP contribution is -2.27. The average molecular weight is 337 g/mol. The molecule has 0 radical (unpaired) electrons. The summed E-state index contributed by atoms with van der Waals surface area (Å²) in [5.74, 6) is 0. The summed E-state index contributed by atoms with van der Waals surface area (Å²) in [6.45, 7) is 2.39. The van der Waals surface area contributed by atoms with Gasteiger partial charge in [0, 0.05) is 48.5 Å². The van der Waals surface area contributed by atoms with E-state index in [1.54, 1.807) is 12.4 Å². The largest absolute Gasteiger partial charge is 0.392 e. The Labute approximate surface area is 147 Å². The predicted octanol–water partition coefficient (Wildman–Crippen LogP) is 2.25. The lowest BCUT2D eigenvalue weighted by atomic mass is 10.0. The van der Waals surface area contributed by atoms with E-state index < -0.39 is 6.10 Å². The highest BCUT2D eigenvalue weighted by Crippen LogP contribution is 2.34. The van der Waals surface area contributed by atoms with Crippen LogP contribution >= 0.6 is 0 Å². The van der Waals surface area contributed by atoms with Crippen molar-refractivity contribution in [1.82, 2.24) is 14.5 Å². The minimum Gasteiger partial charge on any atom is -0.392 e. The number of benzene rings is 1. The van der Waals surface area contributed by atoms with Crippen LogP contribution in [0.4, 0.5) is 0 Å². The molecule has 5 heteroatoms. The molecule has 0 amide bonds. The minimum atomic E-state index is -0.603. The molecule has 0 aliphatic carbocycles. The molecule has 0 spiro atoms. The second-order valence-corrected chi connectivity index (χ2v) is 6.79. The van der Waals surface area contributed by atoms with Gasteiger partial charge in [0.15, 0.2) is 0 Å². The van der Waals surface area contributed by atoms with Crippen LogP contribution in [-0.4, -0.2) is 38.3 Å². The monoisotopic (exact) mass is 337 g/mol. The second-order valence-electron chi connectivity index (χ2n) is 6.79. The van der Waals surface area contributed by atoms with Gasteiger partial charge in [0.25, 0.3) is 0 Å². The number of aliphatic hydroxyl groups is 2. The van der Waals surface area contributed by atoms with Crippen molar-refractivity contribution in [3.8, 4) is 0 Å². The quantitative estimate of drug-likeness (QED) is 0.767. The Hall–Kier alpha value is -2.21. The molecule has 130 valence electrons. The maximum absolute atomic E-state index is 10.7. The van der Waals surface area contributed by atoms with Crippen LogP contribution in [0.3, 0.4) is 0 Å². The van der Waals surface area contributed by atoms with Gasteiger partial charge < -0.3 is 19.7 Å². The molecule has 5 nitrogen and oxygen atoms in total. The summed E-state index contributed by atoms with van der Waals surface area (Å²) < 4.78 is 2.22. The number of rotatable bonds is 4. The number of pyridine rings is 1. The van der Waals surface area contributed by atoms with E-state index in [2.05, 4.69) is 27.6 Å². The maximum Gasteiger partial charge on any atom is 0.0970 e. The zero-order chi connectivity index (χ0) is 17.4. The third-order valence-electron chi connectivity index (χ3n) is 5.16. The molecular formula is C20H23N3O2. The molecule has 1 aliphatic heterocycles. The maximum atomic E-state index is 10.7. The van der Waals surface area contributed by atoms with Gasteiger partial charge in [-0.1, -0.05) is 18.2 Å². The molecule has 3 aromatic rings. The summed E-state index contributed by atoms with van der Waals surface area (Å²) in [4.78, 5) is 6.34. The van der Waals surface area contributed by atoms with E-state index in [9.17, 15) is 10.2 Å². The number of fused-ring (bicyclic) bond motifs is 3. The molecule has 3 heterocycles. The number of hydrogen-bond acceptors (Lipinski definition) is 4. The number of nitrogens with zero attached hydrogens (tertiary/aromatic N) is 3. The predicted molar refractivity (Wildman–Crippen MR) is 97.1 cm³/mol. The van der Waals surface area contributed by atoms with Gasteiger partial charge >= 0.3 is 0 Å². The summed E-state index contributed by atoms with van der Waals surface area (Å²) >= 11 is 0. The zero-order valence-corrected chi connectivity index (χ0v) is 14.4. The van der Waals surface area contributed by atoms with Gasteiger partial charge in [-0.2, -0.15) is 0 Å². The molecule has 1 atom stereocenters. The molecule has 1 aliphatic rings. The lowest BCUT2D eigenvalue weighted by Gasteiger charge is -2.25. The van der Waals surface area contributed by atoms with E-state index in [0.29, 0.717) is 6.54 Å². The Morgan fingerprint density at radius 1 is 1.20 bits per heavy atom. The number of likely N-dealkylation sites (N-methyl/N-ethyl adjacent to an activating group) is 1. The third-order valence-corrected chi connectivity index (χ3v) is 5.16. The van der Waals surface area contributed by atoms with Gasteiger partial charge in [0.2, 0.25) is 0 Å². The minimum absolute atomic E-state index is 0.00141. The van der Waals surface area contributed by atoms with Crippen LogP contribution in [0.25, 0.3) is 10.9 Å². The van der Waals surface area contributed by atoms with E-state index in [-0.39, 0.29) is 6.61 Å². The molecule has 0 saturated carbocycles. The summed E-state index contributed by atoms with van der Waals surface area (Å²) in [6.07, 6.45) is 3.76. The summed E-state index contributed by atoms with van der Waals surface area (Å²) in [7, 11) is 2.13. The Morgan fingerprint density at radius 2 is 2.00 bits per heavy atom. The van der Waals surface area contributed by atoms with E-state index in [1.807, 2.05) is 24.3 Å². The first-order valence-electron chi connectivity index (χ1n) is 8.68. The molecule has 0 saturated heterocycles. The number of para-hydroxylation sites is 1. The SMILES string of the molecule is CN1CCc2c(c3cccc(CO)c3n2CC(O)c2ccncc2)C1. The Kier molecular flexibility index (Phi) is 4.29. The van der Waals surface area contributed by atoms with Crippen LogP contribution in [-0.2, 0) is 26.1 Å². The fraction of sp³-hybridized carbons (Fsp3) is 0.350. The molecular weight excluding hydrogens is 314 g/mol. The van der Waals surface area contributed by atoms with E-state index in [1.165, 1.54) is 16.6 Å². The standard InChI is InChI=1S/C20H23N3O2/c1-22-10-7-18-17(11-22)16-4-2-3-15(13-24)20(16)23(18)12-19(25)14-5-8-21-9-6-14/h2-6,8-9,19,24-25H,7,10-13H2,1H3. The Bertz CT molecular complexity index is 889. The van der Waals surface area contributed by atoms with Crippen molar-refractivity contribution in [3.63, 3.8) is 0 Å². The van der Waals surface area contributed by atoms with Crippen molar-refractivity contribution in [2.75, 3.05) is 13.6 Å². The lowest BCUT2D eigenvalue weighted by molar-refractivity contribution is 0.156. The Morgan fingerprint density at radius 3 is 2.76 bits per heavy atom. The zero-order valence-electron chi connectivity index (χ0n) is 14.4. The summed E-state index contributed by atoms with van der Waals surface area (Å²) in [5, 5.41) is 21.8. The van der Waals surface area contributed by atoms with E-state index in [4.69, 9.17) is 0 Å². The molecule has 2 aromatic heterocycles. The normalized spacial score (nSPS) is 16.1. The highest BCUT2D eigenvalue weighted by Gasteiger charge is 2.25. The van der Waals surface area contributed by atoms with Gasteiger partial charge in [-0.15, -0.1) is 0 Å². The first-order valence-corrected chi connectivity index (χ1v) is 8.68. The fourth-order valence-corrected chi connectivity index (χ4v) is 3.91. The van der Waals surface area contributed by atoms with Crippen LogP contribution in [0.2, 0.25) is 0 Å². The smallest absolute Gasteiger partial charge is 0.0970 e. The Balaban J connectivity index is 1.85. The van der Waals surface area contributed by atoms with E-state index >= 15 is 0 Å². The van der Waals surface area contributed by atoms with Gasteiger partial charge in [-0.25, -0.2) is 0 Å². The molecule has 4 rings (SSSR count). The highest BCUT2D eigenvalue weighted by atomic mass is 16.3. The van der Waals surface area contributed by atoms with E-state index in [0.717, 1.165) is 36.2 Å². The van der Waals surface area contributed by atoms with Gasteiger partial charge in [0.1, 0.15) is 0 Å². The molecule has 25 heavy (non-hydrogen) atoms. The number of aromatic nitrogens is 2. The van der Waals surface area contributed by atoms with Crippen molar-refractivity contribution in [2.45, 2.75) is 32.2 Å². The fourth-order valence-electron chi connectivity index (χ4n) is 3.91. The first kappa shape index (κ1) is 16.3. The van der Waals surface area contributed by atoms with Gasteiger partial charge in [-0.3, -0.25) is 4.98 Å². The molecule has 0 fully saturated rings. The topological polar surface area (TPSA) is 61.5 Å². The van der Waals surface area contributed by atoms with Crippen LogP contribution in [0.5, 0.6) is 0 Å². The van der Waals surface area contributed by atoms with Crippen molar-refractivity contribution in [1.29, 1.82) is 0 Å². The highest BCUT2D eigenvalue weighted by molar-refractivity contribution is 5.88.